The molecule has 0 spiro atoms. The topological polar surface area (TPSA) is 118 Å². The zero-order valence-corrected chi connectivity index (χ0v) is 9.00. The van der Waals surface area contributed by atoms with E-state index in [1.807, 2.05) is 0 Å². The third-order valence-corrected chi connectivity index (χ3v) is 4.86. The number of thiol groups is 2. The minimum absolute atomic E-state index is 0.397. The molecule has 0 amide bonds. The van der Waals surface area contributed by atoms with Crippen molar-refractivity contribution < 1.29 is 28.7 Å². The molecule has 11 heteroatoms. The lowest BCUT2D eigenvalue weighted by Gasteiger charge is -2.25. The van der Waals surface area contributed by atoms with Gasteiger partial charge in [0.25, 0.3) is 0 Å². The lowest BCUT2D eigenvalue weighted by Crippen LogP contribution is -2.21. The normalized spacial score (nSPS) is 14.3. The zero-order valence-electron chi connectivity index (χ0n) is 5.42. The van der Waals surface area contributed by atoms with Crippen LogP contribution in [0.3, 0.4) is 0 Å². The summed E-state index contributed by atoms with van der Waals surface area (Å²) in [7, 11) is -10.1. The van der Waals surface area contributed by atoms with Gasteiger partial charge in [-0.2, -0.15) is 0 Å². The first-order valence-electron chi connectivity index (χ1n) is 2.34. The quantitative estimate of drug-likeness (QED) is 0.231. The Kier molecular flexibility index (Phi) is 4.32. The molecule has 0 aliphatic heterocycles. The monoisotopic (exact) mass is 255 g/mol. The molecule has 0 aromatic rings. The average Bonchev–Trinajstić information content (AvgIpc) is 1.49. The van der Waals surface area contributed by atoms with Crippen LogP contribution in [0.5, 0.6) is 0 Å². The Morgan fingerprint density at radius 3 is 1.25 bits per heavy atom. The minimum atomic E-state index is -5.04. The smallest absolute Gasteiger partial charge is 0.312 e. The molecule has 0 unspecified atom stereocenters. The summed E-state index contributed by atoms with van der Waals surface area (Å²) in [6.45, 7) is 0. The fraction of sp³-hybridized carbons (Fsp3) is 1.00. The van der Waals surface area contributed by atoms with Crippen LogP contribution in [0.1, 0.15) is 0 Å². The lowest BCUT2D eigenvalue weighted by molar-refractivity contribution is 0.277. The lowest BCUT2D eigenvalue weighted by atomic mass is 11.5. The Labute approximate surface area is 79.0 Å². The van der Waals surface area contributed by atoms with Crippen molar-refractivity contribution >= 4 is 40.8 Å². The van der Waals surface area contributed by atoms with Gasteiger partial charge in [0.05, 0.1) is 0 Å². The Morgan fingerprint density at radius 2 is 1.25 bits per heavy atom. The first-order valence-corrected chi connectivity index (χ1v) is 6.50. The van der Waals surface area contributed by atoms with E-state index in [1.165, 1.54) is 0 Å². The second-order valence-electron chi connectivity index (χ2n) is 1.69. The second-order valence-corrected chi connectivity index (χ2v) is 6.31. The van der Waals surface area contributed by atoms with Gasteiger partial charge in [-0.1, -0.05) is 4.44 Å². The largest absolute Gasteiger partial charge is 0.414 e. The standard InChI is InChI=1S/CH7NO6P2S2/c3-9(4,5)2(1(11)12)10(6,7)8/h1,11-12H,(H2,3,4,5)(H2,6,7,8). The van der Waals surface area contributed by atoms with Gasteiger partial charge in [0, 0.05) is 0 Å². The van der Waals surface area contributed by atoms with Crippen molar-refractivity contribution in [3.05, 3.63) is 0 Å². The summed E-state index contributed by atoms with van der Waals surface area (Å²) < 4.78 is 19.0. The second kappa shape index (κ2) is 4.00. The van der Waals surface area contributed by atoms with Crippen LogP contribution >= 0.6 is 40.8 Å². The van der Waals surface area contributed by atoms with Crippen molar-refractivity contribution in [2.45, 2.75) is 4.71 Å². The third kappa shape index (κ3) is 3.78. The first kappa shape index (κ1) is 13.0. The minimum Gasteiger partial charge on any atom is -0.312 e. The molecule has 0 saturated carbocycles. The molecular formula is CH7NO6P2S2. The van der Waals surface area contributed by atoms with Crippen molar-refractivity contribution in [2.75, 3.05) is 0 Å². The number of hydrogen-bond donors (Lipinski definition) is 6. The van der Waals surface area contributed by atoms with Crippen LogP contribution < -0.4 is 0 Å². The van der Waals surface area contributed by atoms with Crippen molar-refractivity contribution in [3.8, 4) is 0 Å². The summed E-state index contributed by atoms with van der Waals surface area (Å²) >= 11 is 6.77. The molecular weight excluding hydrogens is 248 g/mol. The van der Waals surface area contributed by atoms with Gasteiger partial charge in [0.2, 0.25) is 0 Å². The SMILES string of the molecule is O=P(O)(O)N(C(S)S)P(=O)(O)O. The van der Waals surface area contributed by atoms with Gasteiger partial charge < -0.3 is 19.6 Å². The van der Waals surface area contributed by atoms with E-state index in [2.05, 4.69) is 25.3 Å². The maximum Gasteiger partial charge on any atom is 0.414 e. The number of rotatable bonds is 3. The molecule has 0 aliphatic rings. The average molecular weight is 255 g/mol. The van der Waals surface area contributed by atoms with Gasteiger partial charge in [-0.25, -0.2) is 9.13 Å². The van der Waals surface area contributed by atoms with E-state index >= 15 is 0 Å². The van der Waals surface area contributed by atoms with Crippen LogP contribution in [0.2, 0.25) is 0 Å². The van der Waals surface area contributed by atoms with Crippen LogP contribution in [-0.2, 0) is 9.13 Å². The van der Waals surface area contributed by atoms with Crippen molar-refractivity contribution in [2.24, 2.45) is 0 Å². The highest BCUT2D eigenvalue weighted by atomic mass is 32.2. The molecule has 0 fully saturated rings. The highest BCUT2D eigenvalue weighted by Gasteiger charge is 2.42. The van der Waals surface area contributed by atoms with Gasteiger partial charge in [-0.3, -0.25) is 0 Å². The summed E-state index contributed by atoms with van der Waals surface area (Å²) in [5, 5.41) is 0. The van der Waals surface area contributed by atoms with Crippen molar-refractivity contribution in [1.29, 1.82) is 0 Å². The highest BCUT2D eigenvalue weighted by molar-refractivity contribution is 8.00. The van der Waals surface area contributed by atoms with Crippen LogP contribution in [0.4, 0.5) is 0 Å². The van der Waals surface area contributed by atoms with Crippen molar-refractivity contribution in [3.63, 3.8) is 0 Å². The van der Waals surface area contributed by atoms with Gasteiger partial charge in [0.15, 0.2) is 0 Å². The molecule has 0 aliphatic carbocycles. The molecule has 0 heterocycles. The highest BCUT2D eigenvalue weighted by Crippen LogP contribution is 2.60. The maximum atomic E-state index is 10.4. The van der Waals surface area contributed by atoms with E-state index in [0.717, 1.165) is 0 Å². The Hall–Kier alpha value is 0.960. The summed E-state index contributed by atoms with van der Waals surface area (Å²) in [6, 6.07) is 0. The first-order chi connectivity index (χ1) is 5.07. The molecule has 0 saturated heterocycles. The molecule has 0 aromatic carbocycles. The molecule has 4 N–H and O–H groups in total. The molecule has 0 aromatic heterocycles. The van der Waals surface area contributed by atoms with Gasteiger partial charge in [0.1, 0.15) is 4.71 Å². The molecule has 0 bridgehead atoms. The van der Waals surface area contributed by atoms with E-state index < -0.39 is 24.6 Å². The third-order valence-electron chi connectivity index (χ3n) is 0.740. The Balaban J connectivity index is 4.97. The predicted molar refractivity (Wildman–Crippen MR) is 47.7 cm³/mol. The summed E-state index contributed by atoms with van der Waals surface area (Å²) in [6.07, 6.45) is 0. The van der Waals surface area contributed by atoms with Gasteiger partial charge in [-0.15, -0.1) is 25.3 Å². The summed E-state index contributed by atoms with van der Waals surface area (Å²) in [5.41, 5.74) is 0. The van der Waals surface area contributed by atoms with Crippen LogP contribution in [0.15, 0.2) is 0 Å². The Morgan fingerprint density at radius 1 is 1.00 bits per heavy atom. The number of nitrogens with zero attached hydrogens (tertiary/aromatic N) is 1. The van der Waals surface area contributed by atoms with E-state index in [4.69, 9.17) is 19.6 Å². The zero-order chi connectivity index (χ0) is 10.2. The van der Waals surface area contributed by atoms with Gasteiger partial charge in [-0.05, 0) is 0 Å². The van der Waals surface area contributed by atoms with Crippen LogP contribution in [0.25, 0.3) is 0 Å². The van der Waals surface area contributed by atoms with E-state index in [1.54, 1.807) is 0 Å². The van der Waals surface area contributed by atoms with E-state index in [9.17, 15) is 9.13 Å². The number of hydrogen-bond acceptors (Lipinski definition) is 4. The molecule has 74 valence electrons. The van der Waals surface area contributed by atoms with Crippen LogP contribution in [0, 0.1) is 0 Å². The molecule has 0 radical (unpaired) electrons. The summed E-state index contributed by atoms with van der Waals surface area (Å²) in [4.78, 5) is 33.7. The predicted octanol–water partition coefficient (Wildman–Crippen LogP) is -0.383. The molecule has 7 nitrogen and oxygen atoms in total. The molecule has 0 atom stereocenters. The summed E-state index contributed by atoms with van der Waals surface area (Å²) in [5.74, 6) is 0. The Bertz CT molecular complexity index is 220. The fourth-order valence-corrected chi connectivity index (χ4v) is 3.79. The molecule has 0 rings (SSSR count). The maximum absolute atomic E-state index is 10.4. The van der Waals surface area contributed by atoms with E-state index in [0.29, 0.717) is 0 Å². The van der Waals surface area contributed by atoms with Gasteiger partial charge >= 0.3 is 15.5 Å². The van der Waals surface area contributed by atoms with E-state index in [-0.39, 0.29) is 0 Å². The van der Waals surface area contributed by atoms with Crippen LogP contribution in [-0.4, -0.2) is 28.7 Å². The molecule has 12 heavy (non-hydrogen) atoms. The van der Waals surface area contributed by atoms with Crippen molar-refractivity contribution in [1.82, 2.24) is 4.44 Å². The fourth-order valence-electron chi connectivity index (χ4n) is 0.421.